The molecule has 0 saturated heterocycles. The summed E-state index contributed by atoms with van der Waals surface area (Å²) in [5.74, 6) is 0. The topological polar surface area (TPSA) is 27.8 Å². The molecule has 2 N–H and O–H groups in total. The Balaban J connectivity index is 0.000000791. The Morgan fingerprint density at radius 1 is 1.36 bits per heavy atom. The summed E-state index contributed by atoms with van der Waals surface area (Å²) >= 11 is 0. The Labute approximate surface area is 86.7 Å². The van der Waals surface area contributed by atoms with Crippen molar-refractivity contribution in [3.63, 3.8) is 0 Å². The second-order valence-electron chi connectivity index (χ2n) is 2.60. The van der Waals surface area contributed by atoms with Crippen molar-refractivity contribution in [2.75, 3.05) is 7.05 Å². The molecule has 2 nitrogen and oxygen atoms in total. The van der Waals surface area contributed by atoms with Crippen LogP contribution >= 0.6 is 0 Å². The van der Waals surface area contributed by atoms with Crippen LogP contribution in [0.5, 0.6) is 0 Å². The van der Waals surface area contributed by atoms with E-state index in [2.05, 4.69) is 29.5 Å². The molecular formula is C12H20N2. The molecule has 1 aromatic heterocycles. The van der Waals surface area contributed by atoms with Gasteiger partial charge in [-0.3, -0.25) is 0 Å². The van der Waals surface area contributed by atoms with Gasteiger partial charge >= 0.3 is 0 Å². The van der Waals surface area contributed by atoms with Crippen LogP contribution in [0.4, 0.5) is 0 Å². The molecule has 0 unspecified atom stereocenters. The van der Waals surface area contributed by atoms with Crippen molar-refractivity contribution in [1.29, 1.82) is 0 Å². The van der Waals surface area contributed by atoms with E-state index in [1.54, 1.807) is 6.08 Å². The van der Waals surface area contributed by atoms with Gasteiger partial charge in [-0.2, -0.15) is 0 Å². The SMILES string of the molecule is C=Cc1cc(CNC)[nH]c1C=C.CC. The molecular weight excluding hydrogens is 172 g/mol. The second kappa shape index (κ2) is 7.15. The first-order valence-electron chi connectivity index (χ1n) is 4.93. The van der Waals surface area contributed by atoms with Gasteiger partial charge in [0.15, 0.2) is 0 Å². The van der Waals surface area contributed by atoms with E-state index < -0.39 is 0 Å². The van der Waals surface area contributed by atoms with Crippen molar-refractivity contribution in [2.45, 2.75) is 20.4 Å². The number of hydrogen-bond acceptors (Lipinski definition) is 1. The van der Waals surface area contributed by atoms with Crippen molar-refractivity contribution >= 4 is 12.2 Å². The van der Waals surface area contributed by atoms with Crippen LogP contribution in [0.2, 0.25) is 0 Å². The quantitative estimate of drug-likeness (QED) is 0.754. The lowest BCUT2D eigenvalue weighted by Gasteiger charge is -1.92. The first kappa shape index (κ1) is 12.7. The summed E-state index contributed by atoms with van der Waals surface area (Å²) in [4.78, 5) is 3.23. The van der Waals surface area contributed by atoms with Crippen molar-refractivity contribution in [2.24, 2.45) is 0 Å². The van der Waals surface area contributed by atoms with Crippen molar-refractivity contribution in [3.05, 3.63) is 36.2 Å². The van der Waals surface area contributed by atoms with Gasteiger partial charge in [-0.15, -0.1) is 0 Å². The van der Waals surface area contributed by atoms with E-state index in [4.69, 9.17) is 0 Å². The Hall–Kier alpha value is -1.28. The summed E-state index contributed by atoms with van der Waals surface area (Å²) in [6.07, 6.45) is 3.63. The third-order valence-corrected chi connectivity index (χ3v) is 1.73. The van der Waals surface area contributed by atoms with E-state index in [1.807, 2.05) is 27.0 Å². The first-order valence-corrected chi connectivity index (χ1v) is 4.93. The van der Waals surface area contributed by atoms with Crippen LogP contribution in [0.3, 0.4) is 0 Å². The maximum absolute atomic E-state index is 3.72. The van der Waals surface area contributed by atoms with Gasteiger partial charge in [-0.1, -0.05) is 33.1 Å². The summed E-state index contributed by atoms with van der Waals surface area (Å²) in [5.41, 5.74) is 3.30. The molecule has 0 saturated carbocycles. The highest BCUT2D eigenvalue weighted by Crippen LogP contribution is 2.13. The van der Waals surface area contributed by atoms with Gasteiger partial charge in [0.1, 0.15) is 0 Å². The predicted octanol–water partition coefficient (Wildman–Crippen LogP) is 3.05. The van der Waals surface area contributed by atoms with Gasteiger partial charge in [-0.05, 0) is 24.8 Å². The summed E-state index contributed by atoms with van der Waals surface area (Å²) in [7, 11) is 1.92. The van der Waals surface area contributed by atoms with Crippen molar-refractivity contribution < 1.29 is 0 Å². The van der Waals surface area contributed by atoms with Gasteiger partial charge in [0.2, 0.25) is 0 Å². The number of hydrogen-bond donors (Lipinski definition) is 2. The third kappa shape index (κ3) is 3.23. The van der Waals surface area contributed by atoms with Crippen LogP contribution in [0.15, 0.2) is 19.2 Å². The van der Waals surface area contributed by atoms with E-state index in [-0.39, 0.29) is 0 Å². The standard InChI is InChI=1S/C10H14N2.C2H6/c1-4-8-6-9(7-11-3)12-10(8)5-2;1-2/h4-6,11-12H,1-2,7H2,3H3;1-2H3. The number of rotatable bonds is 4. The molecule has 0 bridgehead atoms. The maximum Gasteiger partial charge on any atom is 0.0450 e. The average Bonchev–Trinajstić information content (AvgIpc) is 2.64. The maximum atomic E-state index is 3.72. The molecule has 0 aliphatic heterocycles. The van der Waals surface area contributed by atoms with Crippen LogP contribution in [-0.4, -0.2) is 12.0 Å². The summed E-state index contributed by atoms with van der Waals surface area (Å²) in [6.45, 7) is 12.3. The molecule has 0 aliphatic rings. The number of aromatic nitrogens is 1. The Morgan fingerprint density at radius 2 is 2.00 bits per heavy atom. The predicted molar refractivity (Wildman–Crippen MR) is 65.1 cm³/mol. The van der Waals surface area contributed by atoms with Gasteiger partial charge in [0.05, 0.1) is 0 Å². The van der Waals surface area contributed by atoms with Crippen molar-refractivity contribution in [3.8, 4) is 0 Å². The highest BCUT2D eigenvalue weighted by atomic mass is 14.9. The molecule has 2 heteroatoms. The Kier molecular flexibility index (Phi) is 6.50. The third-order valence-electron chi connectivity index (χ3n) is 1.73. The molecule has 1 rings (SSSR count). The van der Waals surface area contributed by atoms with Crippen LogP contribution in [0.25, 0.3) is 12.2 Å². The smallest absolute Gasteiger partial charge is 0.0450 e. The normalized spacial score (nSPS) is 8.79. The second-order valence-corrected chi connectivity index (χ2v) is 2.60. The van der Waals surface area contributed by atoms with E-state index >= 15 is 0 Å². The van der Waals surface area contributed by atoms with Crippen LogP contribution in [0, 0.1) is 0 Å². The average molecular weight is 192 g/mol. The molecule has 1 aromatic rings. The Morgan fingerprint density at radius 3 is 2.36 bits per heavy atom. The zero-order valence-electron chi connectivity index (χ0n) is 9.35. The van der Waals surface area contributed by atoms with E-state index in [9.17, 15) is 0 Å². The highest BCUT2D eigenvalue weighted by molar-refractivity contribution is 5.61. The molecule has 14 heavy (non-hydrogen) atoms. The summed E-state index contributed by atoms with van der Waals surface area (Å²) < 4.78 is 0. The molecule has 1 heterocycles. The van der Waals surface area contributed by atoms with E-state index in [0.717, 1.165) is 23.5 Å². The number of aromatic amines is 1. The molecule has 0 aliphatic carbocycles. The Bertz CT molecular complexity index is 259. The molecule has 0 fully saturated rings. The fraction of sp³-hybridized carbons (Fsp3) is 0.333. The lowest BCUT2D eigenvalue weighted by Crippen LogP contribution is -2.04. The van der Waals surface area contributed by atoms with E-state index in [0.29, 0.717) is 0 Å². The molecule has 78 valence electrons. The van der Waals surface area contributed by atoms with Crippen LogP contribution < -0.4 is 5.32 Å². The minimum Gasteiger partial charge on any atom is -0.357 e. The molecule has 0 aromatic carbocycles. The molecule has 0 amide bonds. The van der Waals surface area contributed by atoms with Crippen LogP contribution in [-0.2, 0) is 6.54 Å². The fourth-order valence-corrected chi connectivity index (χ4v) is 1.17. The first-order chi connectivity index (χ1) is 6.81. The highest BCUT2D eigenvalue weighted by Gasteiger charge is 2.00. The summed E-state index contributed by atoms with van der Waals surface area (Å²) in [6, 6.07) is 2.07. The van der Waals surface area contributed by atoms with E-state index in [1.165, 1.54) is 0 Å². The van der Waals surface area contributed by atoms with Gasteiger partial charge in [0.25, 0.3) is 0 Å². The van der Waals surface area contributed by atoms with Crippen LogP contribution in [0.1, 0.15) is 30.8 Å². The largest absolute Gasteiger partial charge is 0.357 e. The van der Waals surface area contributed by atoms with Gasteiger partial charge < -0.3 is 10.3 Å². The number of H-pyrrole nitrogens is 1. The zero-order chi connectivity index (χ0) is 11.0. The van der Waals surface area contributed by atoms with Crippen molar-refractivity contribution in [1.82, 2.24) is 10.3 Å². The minimum absolute atomic E-state index is 0.842. The summed E-state index contributed by atoms with van der Waals surface area (Å²) in [5, 5.41) is 3.07. The molecule has 0 radical (unpaired) electrons. The monoisotopic (exact) mass is 192 g/mol. The lowest BCUT2D eigenvalue weighted by molar-refractivity contribution is 0.797. The van der Waals surface area contributed by atoms with Gasteiger partial charge in [-0.25, -0.2) is 0 Å². The molecule has 0 atom stereocenters. The molecule has 0 spiro atoms. The fourth-order valence-electron chi connectivity index (χ4n) is 1.17. The van der Waals surface area contributed by atoms with Gasteiger partial charge in [0, 0.05) is 17.9 Å². The minimum atomic E-state index is 0.842. The lowest BCUT2D eigenvalue weighted by atomic mass is 10.2. The number of nitrogens with one attached hydrogen (secondary N) is 2. The zero-order valence-corrected chi connectivity index (χ0v) is 9.35.